The van der Waals surface area contributed by atoms with Crippen molar-refractivity contribution in [3.63, 3.8) is 0 Å². The lowest BCUT2D eigenvalue weighted by atomic mass is 10.1. The molecular weight excluding hydrogens is 288 g/mol. The largest absolute Gasteiger partial charge is 0.444 e. The SMILES string of the molecule is O=C(OCc1cc(F)ccc1F)N1C=Cc2ccccc2C1. The molecule has 0 spiro atoms. The Labute approximate surface area is 126 Å². The first kappa shape index (κ1) is 14.3. The van der Waals surface area contributed by atoms with E-state index in [0.717, 1.165) is 29.3 Å². The van der Waals surface area contributed by atoms with Crippen LogP contribution in [0.2, 0.25) is 0 Å². The molecule has 0 atom stereocenters. The van der Waals surface area contributed by atoms with Gasteiger partial charge >= 0.3 is 6.09 Å². The van der Waals surface area contributed by atoms with Gasteiger partial charge < -0.3 is 4.74 Å². The molecule has 1 aliphatic rings. The predicted molar refractivity (Wildman–Crippen MR) is 77.6 cm³/mol. The predicted octanol–water partition coefficient (Wildman–Crippen LogP) is 4.09. The Hall–Kier alpha value is -2.69. The van der Waals surface area contributed by atoms with Crippen molar-refractivity contribution in [2.24, 2.45) is 0 Å². The van der Waals surface area contributed by atoms with E-state index in [9.17, 15) is 13.6 Å². The van der Waals surface area contributed by atoms with Crippen LogP contribution >= 0.6 is 0 Å². The highest BCUT2D eigenvalue weighted by molar-refractivity contribution is 5.72. The zero-order valence-electron chi connectivity index (χ0n) is 11.6. The van der Waals surface area contributed by atoms with E-state index in [1.165, 1.54) is 4.90 Å². The standard InChI is InChI=1S/C17H13F2NO2/c18-15-5-6-16(19)14(9-15)11-22-17(21)20-8-7-12-3-1-2-4-13(12)10-20/h1-9H,10-11H2. The summed E-state index contributed by atoms with van der Waals surface area (Å²) < 4.78 is 31.6. The molecule has 0 radical (unpaired) electrons. The van der Waals surface area contributed by atoms with Gasteiger partial charge in [0.2, 0.25) is 0 Å². The average molecular weight is 301 g/mol. The number of rotatable bonds is 2. The van der Waals surface area contributed by atoms with E-state index in [-0.39, 0.29) is 12.2 Å². The second-order valence-corrected chi connectivity index (χ2v) is 4.93. The van der Waals surface area contributed by atoms with Crippen molar-refractivity contribution in [2.45, 2.75) is 13.2 Å². The van der Waals surface area contributed by atoms with Gasteiger partial charge in [-0.05, 0) is 35.4 Å². The average Bonchev–Trinajstić information content (AvgIpc) is 2.55. The fourth-order valence-electron chi connectivity index (χ4n) is 2.25. The van der Waals surface area contributed by atoms with Crippen molar-refractivity contribution in [1.82, 2.24) is 4.90 Å². The summed E-state index contributed by atoms with van der Waals surface area (Å²) in [7, 11) is 0. The quantitative estimate of drug-likeness (QED) is 0.836. The van der Waals surface area contributed by atoms with Gasteiger partial charge in [-0.3, -0.25) is 4.90 Å². The number of carbonyl (C=O) groups excluding carboxylic acids is 1. The fourth-order valence-corrected chi connectivity index (χ4v) is 2.25. The van der Waals surface area contributed by atoms with Gasteiger partial charge in [0, 0.05) is 11.8 Å². The van der Waals surface area contributed by atoms with Crippen LogP contribution in [0.15, 0.2) is 48.7 Å². The molecule has 2 aromatic carbocycles. The van der Waals surface area contributed by atoms with Gasteiger partial charge in [0.15, 0.2) is 0 Å². The Morgan fingerprint density at radius 3 is 2.86 bits per heavy atom. The number of nitrogens with zero attached hydrogens (tertiary/aromatic N) is 1. The van der Waals surface area contributed by atoms with Crippen molar-refractivity contribution in [2.75, 3.05) is 0 Å². The van der Waals surface area contributed by atoms with E-state index < -0.39 is 17.7 Å². The lowest BCUT2D eigenvalue weighted by Gasteiger charge is -2.23. The second kappa shape index (κ2) is 5.97. The van der Waals surface area contributed by atoms with Crippen LogP contribution in [0, 0.1) is 11.6 Å². The third kappa shape index (κ3) is 2.98. The molecule has 1 aliphatic heterocycles. The van der Waals surface area contributed by atoms with Crippen LogP contribution in [0.5, 0.6) is 0 Å². The monoisotopic (exact) mass is 301 g/mol. The number of halogens is 2. The summed E-state index contributed by atoms with van der Waals surface area (Å²) in [5.74, 6) is -1.17. The van der Waals surface area contributed by atoms with Gasteiger partial charge in [0.1, 0.15) is 18.2 Å². The topological polar surface area (TPSA) is 29.5 Å². The third-order valence-electron chi connectivity index (χ3n) is 3.42. The Bertz CT molecular complexity index is 743. The number of benzene rings is 2. The summed E-state index contributed by atoms with van der Waals surface area (Å²) in [5, 5.41) is 0. The van der Waals surface area contributed by atoms with E-state index in [4.69, 9.17) is 4.74 Å². The molecule has 1 amide bonds. The molecule has 0 unspecified atom stereocenters. The summed E-state index contributed by atoms with van der Waals surface area (Å²) in [4.78, 5) is 13.4. The van der Waals surface area contributed by atoms with Crippen LogP contribution < -0.4 is 0 Å². The molecule has 0 aromatic heterocycles. The Kier molecular flexibility index (Phi) is 3.87. The van der Waals surface area contributed by atoms with E-state index >= 15 is 0 Å². The van der Waals surface area contributed by atoms with Crippen LogP contribution in [0.1, 0.15) is 16.7 Å². The summed E-state index contributed by atoms with van der Waals surface area (Å²) in [5.41, 5.74) is 2.05. The first-order chi connectivity index (χ1) is 10.6. The minimum absolute atomic E-state index is 0.00902. The molecular formula is C17H13F2NO2. The van der Waals surface area contributed by atoms with Crippen molar-refractivity contribution in [1.29, 1.82) is 0 Å². The number of hydrogen-bond donors (Lipinski definition) is 0. The van der Waals surface area contributed by atoms with E-state index in [1.54, 1.807) is 6.20 Å². The smallest absolute Gasteiger partial charge is 0.414 e. The van der Waals surface area contributed by atoms with Crippen LogP contribution in [-0.2, 0) is 17.9 Å². The number of ether oxygens (including phenoxy) is 1. The van der Waals surface area contributed by atoms with Crippen molar-refractivity contribution in [3.8, 4) is 0 Å². The van der Waals surface area contributed by atoms with Gasteiger partial charge in [-0.1, -0.05) is 24.3 Å². The molecule has 0 saturated heterocycles. The van der Waals surface area contributed by atoms with Crippen LogP contribution in [0.25, 0.3) is 6.08 Å². The summed E-state index contributed by atoms with van der Waals surface area (Å²) >= 11 is 0. The number of amides is 1. The Balaban J connectivity index is 1.65. The minimum Gasteiger partial charge on any atom is -0.444 e. The maximum atomic E-state index is 13.5. The van der Waals surface area contributed by atoms with Crippen molar-refractivity contribution < 1.29 is 18.3 Å². The Morgan fingerprint density at radius 1 is 1.18 bits per heavy atom. The lowest BCUT2D eigenvalue weighted by Crippen LogP contribution is -2.28. The molecule has 3 rings (SSSR count). The minimum atomic E-state index is -0.603. The molecule has 0 aliphatic carbocycles. The third-order valence-corrected chi connectivity index (χ3v) is 3.42. The number of hydrogen-bond acceptors (Lipinski definition) is 2. The highest BCUT2D eigenvalue weighted by Crippen LogP contribution is 2.20. The van der Waals surface area contributed by atoms with Crippen molar-refractivity contribution in [3.05, 3.63) is 77.0 Å². The highest BCUT2D eigenvalue weighted by Gasteiger charge is 2.18. The molecule has 2 aromatic rings. The molecule has 0 saturated carbocycles. The van der Waals surface area contributed by atoms with Gasteiger partial charge in [-0.25, -0.2) is 13.6 Å². The fraction of sp³-hybridized carbons (Fsp3) is 0.118. The molecule has 0 fully saturated rings. The first-order valence-electron chi connectivity index (χ1n) is 6.77. The number of fused-ring (bicyclic) bond motifs is 1. The maximum Gasteiger partial charge on any atom is 0.414 e. The molecule has 112 valence electrons. The zero-order chi connectivity index (χ0) is 15.5. The van der Waals surface area contributed by atoms with Crippen LogP contribution in [-0.4, -0.2) is 11.0 Å². The highest BCUT2D eigenvalue weighted by atomic mass is 19.1. The summed E-state index contributed by atoms with van der Waals surface area (Å²) in [6, 6.07) is 10.7. The molecule has 1 heterocycles. The maximum absolute atomic E-state index is 13.5. The zero-order valence-corrected chi connectivity index (χ0v) is 11.6. The molecule has 3 nitrogen and oxygen atoms in total. The van der Waals surface area contributed by atoms with Crippen LogP contribution in [0.4, 0.5) is 13.6 Å². The van der Waals surface area contributed by atoms with Crippen LogP contribution in [0.3, 0.4) is 0 Å². The van der Waals surface area contributed by atoms with Gasteiger partial charge in [0.05, 0.1) is 6.54 Å². The summed E-state index contributed by atoms with van der Waals surface area (Å²) in [6.45, 7) is 0.0750. The van der Waals surface area contributed by atoms with E-state index in [1.807, 2.05) is 30.3 Å². The first-order valence-corrected chi connectivity index (χ1v) is 6.77. The second-order valence-electron chi connectivity index (χ2n) is 4.93. The normalized spacial score (nSPS) is 12.9. The van der Waals surface area contributed by atoms with Gasteiger partial charge in [-0.2, -0.15) is 0 Å². The summed E-state index contributed by atoms with van der Waals surface area (Å²) in [6.07, 6.45) is 2.82. The molecule has 0 bridgehead atoms. The Morgan fingerprint density at radius 2 is 2.00 bits per heavy atom. The van der Waals surface area contributed by atoms with Gasteiger partial charge in [-0.15, -0.1) is 0 Å². The van der Waals surface area contributed by atoms with Crippen molar-refractivity contribution >= 4 is 12.2 Å². The molecule has 0 N–H and O–H groups in total. The number of carbonyl (C=O) groups is 1. The van der Waals surface area contributed by atoms with E-state index in [0.29, 0.717) is 6.54 Å². The molecule has 5 heteroatoms. The van der Waals surface area contributed by atoms with Gasteiger partial charge in [0.25, 0.3) is 0 Å². The molecule has 22 heavy (non-hydrogen) atoms. The van der Waals surface area contributed by atoms with E-state index in [2.05, 4.69) is 0 Å². The lowest BCUT2D eigenvalue weighted by molar-refractivity contribution is 0.107.